The SMILES string of the molecule is COC1CC(NC(=O)c2cn[nH]c2)C1(C)C. The zero-order valence-corrected chi connectivity index (χ0v) is 9.78. The molecule has 0 spiro atoms. The van der Waals surface area contributed by atoms with Crippen molar-refractivity contribution in [2.75, 3.05) is 7.11 Å². The van der Waals surface area contributed by atoms with E-state index in [1.165, 1.54) is 6.20 Å². The van der Waals surface area contributed by atoms with Crippen LogP contribution in [0, 0.1) is 5.41 Å². The van der Waals surface area contributed by atoms with E-state index >= 15 is 0 Å². The predicted octanol–water partition coefficient (Wildman–Crippen LogP) is 0.953. The molecule has 16 heavy (non-hydrogen) atoms. The molecule has 5 nitrogen and oxygen atoms in total. The van der Waals surface area contributed by atoms with Crippen LogP contribution in [-0.2, 0) is 4.74 Å². The molecule has 0 aromatic carbocycles. The van der Waals surface area contributed by atoms with Gasteiger partial charge in [0.15, 0.2) is 0 Å². The molecule has 0 saturated heterocycles. The number of nitrogens with zero attached hydrogens (tertiary/aromatic N) is 1. The quantitative estimate of drug-likeness (QED) is 0.801. The molecule has 1 heterocycles. The number of H-pyrrole nitrogens is 1. The van der Waals surface area contributed by atoms with Crippen LogP contribution < -0.4 is 5.32 Å². The van der Waals surface area contributed by atoms with E-state index in [0.29, 0.717) is 5.56 Å². The molecule has 2 unspecified atom stereocenters. The Morgan fingerprint density at radius 1 is 1.69 bits per heavy atom. The van der Waals surface area contributed by atoms with Crippen LogP contribution in [0.1, 0.15) is 30.6 Å². The van der Waals surface area contributed by atoms with Gasteiger partial charge in [0.25, 0.3) is 5.91 Å². The maximum Gasteiger partial charge on any atom is 0.254 e. The molecule has 0 radical (unpaired) electrons. The molecule has 1 fully saturated rings. The molecule has 1 aromatic heterocycles. The number of methoxy groups -OCH3 is 1. The topological polar surface area (TPSA) is 67.0 Å². The molecule has 2 rings (SSSR count). The molecule has 1 aromatic rings. The average Bonchev–Trinajstić information content (AvgIpc) is 2.76. The van der Waals surface area contributed by atoms with E-state index in [2.05, 4.69) is 29.4 Å². The van der Waals surface area contributed by atoms with Gasteiger partial charge in [0.05, 0.1) is 17.9 Å². The molecule has 2 N–H and O–H groups in total. The minimum absolute atomic E-state index is 0.00581. The van der Waals surface area contributed by atoms with Crippen molar-refractivity contribution in [1.82, 2.24) is 15.5 Å². The maximum absolute atomic E-state index is 11.8. The second-order valence-electron chi connectivity index (χ2n) is 4.79. The third-order valence-electron chi connectivity index (χ3n) is 3.53. The first-order chi connectivity index (χ1) is 7.55. The number of ether oxygens (including phenoxy) is 1. The Balaban J connectivity index is 1.95. The van der Waals surface area contributed by atoms with E-state index in [9.17, 15) is 4.79 Å². The number of hydrogen-bond donors (Lipinski definition) is 2. The van der Waals surface area contributed by atoms with Crippen molar-refractivity contribution >= 4 is 5.91 Å². The fraction of sp³-hybridized carbons (Fsp3) is 0.636. The highest BCUT2D eigenvalue weighted by Crippen LogP contribution is 2.42. The first-order valence-corrected chi connectivity index (χ1v) is 5.38. The molecular weight excluding hydrogens is 206 g/mol. The van der Waals surface area contributed by atoms with Gasteiger partial charge >= 0.3 is 0 Å². The lowest BCUT2D eigenvalue weighted by molar-refractivity contribution is -0.0942. The van der Waals surface area contributed by atoms with Crippen molar-refractivity contribution in [3.63, 3.8) is 0 Å². The standard InChI is InChI=1S/C11H17N3O2/c1-11(2)8(4-9(11)16-3)14-10(15)7-5-12-13-6-7/h5-6,8-9H,4H2,1-3H3,(H,12,13)(H,14,15). The highest BCUT2D eigenvalue weighted by Gasteiger charge is 2.49. The maximum atomic E-state index is 11.8. The zero-order chi connectivity index (χ0) is 11.8. The van der Waals surface area contributed by atoms with Gasteiger partial charge in [0.1, 0.15) is 0 Å². The summed E-state index contributed by atoms with van der Waals surface area (Å²) in [6, 6.07) is 0.167. The van der Waals surface area contributed by atoms with Gasteiger partial charge in [-0.2, -0.15) is 5.10 Å². The lowest BCUT2D eigenvalue weighted by Crippen LogP contribution is -2.61. The van der Waals surface area contributed by atoms with Gasteiger partial charge in [-0.3, -0.25) is 9.89 Å². The summed E-state index contributed by atoms with van der Waals surface area (Å²) in [5.74, 6) is -0.0821. The largest absolute Gasteiger partial charge is 0.381 e. The van der Waals surface area contributed by atoms with Crippen molar-refractivity contribution in [1.29, 1.82) is 0 Å². The summed E-state index contributed by atoms with van der Waals surface area (Å²) in [7, 11) is 1.71. The lowest BCUT2D eigenvalue weighted by Gasteiger charge is -2.51. The van der Waals surface area contributed by atoms with Gasteiger partial charge in [0.2, 0.25) is 0 Å². The van der Waals surface area contributed by atoms with Crippen molar-refractivity contribution in [2.24, 2.45) is 5.41 Å². The van der Waals surface area contributed by atoms with Crippen molar-refractivity contribution < 1.29 is 9.53 Å². The van der Waals surface area contributed by atoms with Crippen molar-refractivity contribution in [2.45, 2.75) is 32.4 Å². The summed E-state index contributed by atoms with van der Waals surface area (Å²) >= 11 is 0. The first-order valence-electron chi connectivity index (χ1n) is 5.38. The van der Waals surface area contributed by atoms with Gasteiger partial charge in [-0.1, -0.05) is 13.8 Å². The highest BCUT2D eigenvalue weighted by molar-refractivity contribution is 5.93. The van der Waals surface area contributed by atoms with Gasteiger partial charge in [0, 0.05) is 24.8 Å². The van der Waals surface area contributed by atoms with Crippen LogP contribution in [0.15, 0.2) is 12.4 Å². The smallest absolute Gasteiger partial charge is 0.254 e. The molecule has 0 bridgehead atoms. The molecule has 5 heteroatoms. The summed E-state index contributed by atoms with van der Waals surface area (Å²) in [6.45, 7) is 4.20. The van der Waals surface area contributed by atoms with E-state index in [1.54, 1.807) is 13.3 Å². The molecule has 1 amide bonds. The second kappa shape index (κ2) is 3.90. The number of amides is 1. The van der Waals surface area contributed by atoms with Gasteiger partial charge in [-0.05, 0) is 6.42 Å². The van der Waals surface area contributed by atoms with Gasteiger partial charge in [-0.25, -0.2) is 0 Å². The molecule has 0 aliphatic heterocycles. The van der Waals surface area contributed by atoms with E-state index in [0.717, 1.165) is 6.42 Å². The Labute approximate surface area is 94.6 Å². The fourth-order valence-corrected chi connectivity index (χ4v) is 2.15. The van der Waals surface area contributed by atoms with Crippen LogP contribution >= 0.6 is 0 Å². The second-order valence-corrected chi connectivity index (χ2v) is 4.79. The monoisotopic (exact) mass is 223 g/mol. The van der Waals surface area contributed by atoms with E-state index < -0.39 is 0 Å². The number of rotatable bonds is 3. The fourth-order valence-electron chi connectivity index (χ4n) is 2.15. The third-order valence-corrected chi connectivity index (χ3v) is 3.53. The van der Waals surface area contributed by atoms with Gasteiger partial charge in [-0.15, -0.1) is 0 Å². The van der Waals surface area contributed by atoms with E-state index in [1.807, 2.05) is 0 Å². The third kappa shape index (κ3) is 1.71. The Morgan fingerprint density at radius 2 is 2.44 bits per heavy atom. The molecular formula is C11H17N3O2. The van der Waals surface area contributed by atoms with E-state index in [-0.39, 0.29) is 23.5 Å². The van der Waals surface area contributed by atoms with Gasteiger partial charge < -0.3 is 10.1 Å². The van der Waals surface area contributed by atoms with Crippen LogP contribution in [0.4, 0.5) is 0 Å². The van der Waals surface area contributed by atoms with Crippen LogP contribution in [-0.4, -0.2) is 35.4 Å². The normalized spacial score (nSPS) is 27.2. The minimum Gasteiger partial charge on any atom is -0.381 e. The highest BCUT2D eigenvalue weighted by atomic mass is 16.5. The number of carbonyl (C=O) groups excluding carboxylic acids is 1. The molecule has 1 aliphatic carbocycles. The molecule has 88 valence electrons. The minimum atomic E-state index is -0.0821. The number of carbonyl (C=O) groups is 1. The summed E-state index contributed by atoms with van der Waals surface area (Å²) in [5.41, 5.74) is 0.561. The zero-order valence-electron chi connectivity index (χ0n) is 9.78. The summed E-state index contributed by atoms with van der Waals surface area (Å²) in [5, 5.41) is 9.37. The first kappa shape index (κ1) is 11.1. The van der Waals surface area contributed by atoms with Crippen LogP contribution in [0.5, 0.6) is 0 Å². The van der Waals surface area contributed by atoms with E-state index in [4.69, 9.17) is 4.74 Å². The van der Waals surface area contributed by atoms with Crippen molar-refractivity contribution in [3.8, 4) is 0 Å². The van der Waals surface area contributed by atoms with Crippen LogP contribution in [0.2, 0.25) is 0 Å². The number of hydrogen-bond acceptors (Lipinski definition) is 3. The van der Waals surface area contributed by atoms with Crippen LogP contribution in [0.3, 0.4) is 0 Å². The summed E-state index contributed by atoms with van der Waals surface area (Å²) in [6.07, 6.45) is 4.21. The van der Waals surface area contributed by atoms with Crippen molar-refractivity contribution in [3.05, 3.63) is 18.0 Å². The Kier molecular flexibility index (Phi) is 2.71. The Bertz CT molecular complexity index is 373. The molecule has 1 aliphatic rings. The Morgan fingerprint density at radius 3 is 2.94 bits per heavy atom. The number of aromatic amines is 1. The average molecular weight is 223 g/mol. The molecule has 1 saturated carbocycles. The summed E-state index contributed by atoms with van der Waals surface area (Å²) in [4.78, 5) is 11.8. The lowest BCUT2D eigenvalue weighted by atomic mass is 9.64. The summed E-state index contributed by atoms with van der Waals surface area (Å²) < 4.78 is 5.33. The molecule has 2 atom stereocenters. The Hall–Kier alpha value is -1.36. The number of nitrogens with one attached hydrogen (secondary N) is 2. The predicted molar refractivity (Wildman–Crippen MR) is 59.0 cm³/mol. The number of aromatic nitrogens is 2. The van der Waals surface area contributed by atoms with Crippen LogP contribution in [0.25, 0.3) is 0 Å².